The van der Waals surface area contributed by atoms with E-state index in [1.54, 1.807) is 13.0 Å². The number of carbonyl (C=O) groups excluding carboxylic acids is 1. The van der Waals surface area contributed by atoms with Crippen LogP contribution in [0.4, 0.5) is 11.6 Å². The zero-order chi connectivity index (χ0) is 17.4. The van der Waals surface area contributed by atoms with Crippen LogP contribution < -0.4 is 11.0 Å². The highest BCUT2D eigenvalue weighted by atomic mass is 35.5. The van der Waals surface area contributed by atoms with Gasteiger partial charge >= 0.3 is 0 Å². The van der Waals surface area contributed by atoms with E-state index in [1.165, 1.54) is 29.3 Å². The van der Waals surface area contributed by atoms with Crippen LogP contribution in [0.2, 0.25) is 0 Å². The fraction of sp³-hybridized carbons (Fsp3) is 0.214. The van der Waals surface area contributed by atoms with Crippen LogP contribution in [0.1, 0.15) is 17.3 Å². The molecule has 124 valence electrons. The van der Waals surface area contributed by atoms with Gasteiger partial charge in [-0.2, -0.15) is 5.01 Å². The first-order chi connectivity index (χ1) is 11.4. The molecule has 1 aromatic heterocycles. The highest BCUT2D eigenvalue weighted by Gasteiger charge is 2.48. The average Bonchev–Trinajstić information content (AvgIpc) is 2.53. The summed E-state index contributed by atoms with van der Waals surface area (Å²) in [6.07, 6.45) is 0. The summed E-state index contributed by atoms with van der Waals surface area (Å²) in [5.74, 6) is -0.173. The minimum absolute atomic E-state index is 0.125. The molecule has 2 N–H and O–H groups in total. The summed E-state index contributed by atoms with van der Waals surface area (Å²) in [6, 6.07) is 6.25. The van der Waals surface area contributed by atoms with Crippen LogP contribution in [-0.2, 0) is 4.79 Å². The first-order valence-corrected chi connectivity index (χ1v) is 7.35. The Morgan fingerprint density at radius 3 is 2.79 bits per heavy atom. The summed E-state index contributed by atoms with van der Waals surface area (Å²) in [7, 11) is 0. The van der Waals surface area contributed by atoms with E-state index in [0.29, 0.717) is 11.3 Å². The van der Waals surface area contributed by atoms with Crippen molar-refractivity contribution in [1.82, 2.24) is 15.0 Å². The monoisotopic (exact) mass is 349 g/mol. The second kappa shape index (κ2) is 6.02. The quantitative estimate of drug-likeness (QED) is 0.371. The number of aryl methyl sites for hydroxylation is 1. The van der Waals surface area contributed by atoms with Crippen LogP contribution in [0.15, 0.2) is 35.1 Å². The lowest BCUT2D eigenvalue weighted by Crippen LogP contribution is -2.59. The minimum atomic E-state index is -0.972. The molecular formula is C14H12ClN5O4. The maximum Gasteiger partial charge on any atom is 0.269 e. The third-order valence-corrected chi connectivity index (χ3v) is 3.95. The van der Waals surface area contributed by atoms with Gasteiger partial charge in [0, 0.05) is 23.9 Å². The van der Waals surface area contributed by atoms with E-state index in [0.717, 1.165) is 0 Å². The number of nitrogens with zero attached hydrogens (tertiary/aromatic N) is 3. The number of hydrogen-bond donors (Lipinski definition) is 2. The van der Waals surface area contributed by atoms with Crippen LogP contribution in [0, 0.1) is 17.0 Å². The molecule has 9 nitrogen and oxygen atoms in total. The zero-order valence-electron chi connectivity index (χ0n) is 12.4. The van der Waals surface area contributed by atoms with E-state index >= 15 is 0 Å². The van der Waals surface area contributed by atoms with Gasteiger partial charge in [0.2, 0.25) is 5.95 Å². The summed E-state index contributed by atoms with van der Waals surface area (Å²) < 4.78 is 0. The molecule has 0 aliphatic carbocycles. The van der Waals surface area contributed by atoms with Crippen LogP contribution in [0.25, 0.3) is 0 Å². The molecular weight excluding hydrogens is 338 g/mol. The van der Waals surface area contributed by atoms with Crippen molar-refractivity contribution in [1.29, 1.82) is 0 Å². The average molecular weight is 350 g/mol. The number of Topliss-reactive ketones (excluding diaryl/α,β-unsaturated/α-hetero) is 1. The molecule has 24 heavy (non-hydrogen) atoms. The fourth-order valence-electron chi connectivity index (χ4n) is 2.46. The molecule has 0 unspecified atom stereocenters. The molecule has 2 heterocycles. The number of aromatic nitrogens is 2. The number of hydrazine groups is 1. The molecule has 2 aromatic rings. The number of nitro benzene ring substituents is 1. The lowest BCUT2D eigenvalue weighted by atomic mass is 9.94. The van der Waals surface area contributed by atoms with E-state index in [1.807, 2.05) is 0 Å². The molecule has 1 aliphatic rings. The number of alkyl halides is 1. The van der Waals surface area contributed by atoms with Crippen molar-refractivity contribution in [3.8, 4) is 0 Å². The second-order valence-electron chi connectivity index (χ2n) is 5.25. The SMILES string of the molecule is Cc1cc(=O)[nH]c(NN2[C@@H](Cl)C(=O)[C@H]2c2cccc([N+](=O)[O-])c2)n1. The lowest BCUT2D eigenvalue weighted by molar-refractivity contribution is -0.384. The van der Waals surface area contributed by atoms with Gasteiger partial charge in [-0.3, -0.25) is 30.1 Å². The minimum Gasteiger partial charge on any atom is -0.294 e. The summed E-state index contributed by atoms with van der Waals surface area (Å²) in [4.78, 5) is 40.5. The summed E-state index contributed by atoms with van der Waals surface area (Å²) in [6.45, 7) is 1.65. The molecule has 10 heteroatoms. The number of benzene rings is 1. The molecule has 0 saturated carbocycles. The number of carbonyl (C=O) groups is 1. The van der Waals surface area contributed by atoms with Gasteiger partial charge in [0.1, 0.15) is 6.04 Å². The molecule has 1 aromatic carbocycles. The van der Waals surface area contributed by atoms with E-state index in [-0.39, 0.29) is 23.0 Å². The maximum atomic E-state index is 12.1. The van der Waals surface area contributed by atoms with Crippen LogP contribution in [-0.4, -0.2) is 31.2 Å². The van der Waals surface area contributed by atoms with Crippen molar-refractivity contribution in [2.75, 3.05) is 5.43 Å². The maximum absolute atomic E-state index is 12.1. The van der Waals surface area contributed by atoms with Crippen molar-refractivity contribution in [2.45, 2.75) is 18.5 Å². The number of anilines is 1. The molecule has 0 amide bonds. The van der Waals surface area contributed by atoms with Gasteiger partial charge in [0.05, 0.1) is 4.92 Å². The predicted octanol–water partition coefficient (Wildman–Crippen LogP) is 1.50. The molecule has 1 saturated heterocycles. The number of hydrogen-bond acceptors (Lipinski definition) is 7. The first-order valence-electron chi connectivity index (χ1n) is 6.92. The van der Waals surface area contributed by atoms with Crippen molar-refractivity contribution in [2.24, 2.45) is 0 Å². The Morgan fingerprint density at radius 1 is 1.38 bits per heavy atom. The van der Waals surface area contributed by atoms with E-state index in [4.69, 9.17) is 11.6 Å². The largest absolute Gasteiger partial charge is 0.294 e. The lowest BCUT2D eigenvalue weighted by Gasteiger charge is -2.43. The smallest absolute Gasteiger partial charge is 0.269 e. The molecule has 0 bridgehead atoms. The van der Waals surface area contributed by atoms with Crippen LogP contribution in [0.5, 0.6) is 0 Å². The first kappa shape index (κ1) is 16.1. The number of H-pyrrole nitrogens is 1. The Morgan fingerprint density at radius 2 is 2.12 bits per heavy atom. The molecule has 3 rings (SSSR count). The second-order valence-corrected chi connectivity index (χ2v) is 5.66. The van der Waals surface area contributed by atoms with Crippen molar-refractivity contribution in [3.63, 3.8) is 0 Å². The predicted molar refractivity (Wildman–Crippen MR) is 85.5 cm³/mol. The highest BCUT2D eigenvalue weighted by Crippen LogP contribution is 2.37. The van der Waals surface area contributed by atoms with Crippen LogP contribution >= 0.6 is 11.6 Å². The summed E-state index contributed by atoms with van der Waals surface area (Å²) in [5.41, 5.74) is 2.25. The topological polar surface area (TPSA) is 121 Å². The fourth-order valence-corrected chi connectivity index (χ4v) is 2.74. The van der Waals surface area contributed by atoms with Gasteiger partial charge in [-0.15, -0.1) is 0 Å². The number of ketones is 1. The third kappa shape index (κ3) is 2.86. The zero-order valence-corrected chi connectivity index (χ0v) is 13.1. The van der Waals surface area contributed by atoms with Crippen LogP contribution in [0.3, 0.4) is 0 Å². The number of nitrogens with one attached hydrogen (secondary N) is 2. The Hall–Kier alpha value is -2.78. The standard InChI is InChI=1S/C14H12ClN5O4/c1-7-5-10(21)17-14(16-7)18-19-11(12(22)13(19)15)8-3-2-4-9(6-8)20(23)24/h2-6,11,13H,1H3,(H2,16,17,18,21)/t11-,13-/m1/s1. The van der Waals surface area contributed by atoms with Gasteiger partial charge in [-0.1, -0.05) is 23.7 Å². The number of non-ortho nitro benzene ring substituents is 1. The Balaban J connectivity index is 1.90. The Labute approximate surface area is 140 Å². The van der Waals surface area contributed by atoms with Crippen molar-refractivity contribution < 1.29 is 9.72 Å². The van der Waals surface area contributed by atoms with Crippen molar-refractivity contribution in [3.05, 3.63) is 62.1 Å². The molecule has 0 spiro atoms. The summed E-state index contributed by atoms with van der Waals surface area (Å²) >= 11 is 6.00. The van der Waals surface area contributed by atoms with Gasteiger partial charge in [-0.25, -0.2) is 4.98 Å². The van der Waals surface area contributed by atoms with Gasteiger partial charge in [0.15, 0.2) is 11.3 Å². The summed E-state index contributed by atoms with van der Waals surface area (Å²) in [5, 5.41) is 12.3. The highest BCUT2D eigenvalue weighted by molar-refractivity contribution is 6.34. The van der Waals surface area contributed by atoms with Gasteiger partial charge in [-0.05, 0) is 12.5 Å². The number of aromatic amines is 1. The number of nitro groups is 1. The molecule has 1 fully saturated rings. The van der Waals surface area contributed by atoms with Crippen molar-refractivity contribution >= 4 is 29.0 Å². The molecule has 0 radical (unpaired) electrons. The molecule has 1 aliphatic heterocycles. The van der Waals surface area contributed by atoms with Gasteiger partial charge < -0.3 is 0 Å². The number of rotatable bonds is 4. The Kier molecular flexibility index (Phi) is 4.04. The Bertz CT molecular complexity index is 883. The van der Waals surface area contributed by atoms with E-state index < -0.39 is 16.5 Å². The van der Waals surface area contributed by atoms with E-state index in [9.17, 15) is 19.7 Å². The van der Waals surface area contributed by atoms with Gasteiger partial charge in [0.25, 0.3) is 11.2 Å². The van der Waals surface area contributed by atoms with E-state index in [2.05, 4.69) is 15.4 Å². The number of halogens is 1. The normalized spacial score (nSPS) is 20.5. The molecule has 2 atom stereocenters. The third-order valence-electron chi connectivity index (χ3n) is 3.53.